The van der Waals surface area contributed by atoms with Crippen LogP contribution in [-0.4, -0.2) is 15.8 Å². The molecular weight excluding hydrogens is 140 g/mol. The minimum Gasteiger partial charge on any atom is -0.335 e. The highest BCUT2D eigenvalue weighted by Gasteiger charge is 2.16. The highest BCUT2D eigenvalue weighted by molar-refractivity contribution is 5.54. The summed E-state index contributed by atoms with van der Waals surface area (Å²) >= 11 is 0. The summed E-state index contributed by atoms with van der Waals surface area (Å²) in [7, 11) is 0. The number of rotatable bonds is 1. The maximum absolute atomic E-state index is 10.5. The van der Waals surface area contributed by atoms with E-state index in [1.807, 2.05) is 12.5 Å². The van der Waals surface area contributed by atoms with Gasteiger partial charge in [0, 0.05) is 24.4 Å². The number of hydrogen-bond donors (Lipinski definition) is 0. The van der Waals surface area contributed by atoms with Gasteiger partial charge in [0.2, 0.25) is 0 Å². The molecule has 3 heteroatoms. The van der Waals surface area contributed by atoms with Crippen molar-refractivity contribution in [1.29, 1.82) is 0 Å². The van der Waals surface area contributed by atoms with Crippen LogP contribution in [0, 0.1) is 5.92 Å². The minimum atomic E-state index is 0.221. The Hall–Kier alpha value is -1.12. The summed E-state index contributed by atoms with van der Waals surface area (Å²) in [5, 5.41) is 0. The first-order chi connectivity index (χ1) is 5.40. The van der Waals surface area contributed by atoms with Crippen LogP contribution in [0.5, 0.6) is 0 Å². The van der Waals surface area contributed by atoms with E-state index in [9.17, 15) is 4.79 Å². The number of aromatic nitrogens is 2. The number of aldehydes is 1. The molecule has 0 aromatic carbocycles. The summed E-state index contributed by atoms with van der Waals surface area (Å²) in [5.74, 6) is 0.221. The molecule has 1 aromatic heterocycles. The molecule has 0 fully saturated rings. The molecule has 2 rings (SSSR count). The highest BCUT2D eigenvalue weighted by atomic mass is 16.1. The maximum Gasteiger partial charge on any atom is 0.123 e. The van der Waals surface area contributed by atoms with Crippen molar-refractivity contribution in [3.8, 4) is 0 Å². The quantitative estimate of drug-likeness (QED) is 0.551. The first-order valence-electron chi connectivity index (χ1n) is 3.84. The lowest BCUT2D eigenvalue weighted by Crippen LogP contribution is -2.18. The largest absolute Gasteiger partial charge is 0.335 e. The molecule has 0 spiro atoms. The summed E-state index contributed by atoms with van der Waals surface area (Å²) in [5.41, 5.74) is 1.19. The fraction of sp³-hybridized carbons (Fsp3) is 0.500. The first kappa shape index (κ1) is 6.58. The van der Waals surface area contributed by atoms with Crippen molar-refractivity contribution in [2.45, 2.75) is 19.4 Å². The monoisotopic (exact) mass is 150 g/mol. The molecule has 3 nitrogen and oxygen atoms in total. The Morgan fingerprint density at radius 1 is 1.73 bits per heavy atom. The minimum absolute atomic E-state index is 0.221. The summed E-state index contributed by atoms with van der Waals surface area (Å²) in [6.07, 6.45) is 6.55. The van der Waals surface area contributed by atoms with Gasteiger partial charge in [-0.1, -0.05) is 0 Å². The van der Waals surface area contributed by atoms with Gasteiger partial charge in [0.15, 0.2) is 0 Å². The van der Waals surface area contributed by atoms with Crippen LogP contribution in [0.1, 0.15) is 12.1 Å². The second-order valence-corrected chi connectivity index (χ2v) is 2.97. The molecular formula is C8H10N2O. The molecule has 2 heterocycles. The van der Waals surface area contributed by atoms with Gasteiger partial charge in [-0.05, 0) is 12.8 Å². The van der Waals surface area contributed by atoms with Gasteiger partial charge in [0.1, 0.15) is 6.29 Å². The molecule has 1 unspecified atom stereocenters. The van der Waals surface area contributed by atoms with Crippen LogP contribution in [0.25, 0.3) is 0 Å². The van der Waals surface area contributed by atoms with Gasteiger partial charge < -0.3 is 9.36 Å². The number of hydrogen-bond acceptors (Lipinski definition) is 2. The Balaban J connectivity index is 2.24. The molecule has 1 aromatic rings. The van der Waals surface area contributed by atoms with Gasteiger partial charge in [-0.2, -0.15) is 0 Å². The third kappa shape index (κ3) is 1.06. The zero-order valence-electron chi connectivity index (χ0n) is 6.23. The van der Waals surface area contributed by atoms with Crippen molar-refractivity contribution in [2.24, 2.45) is 5.92 Å². The van der Waals surface area contributed by atoms with Crippen LogP contribution in [0.3, 0.4) is 0 Å². The highest BCUT2D eigenvalue weighted by Crippen LogP contribution is 2.17. The lowest BCUT2D eigenvalue weighted by atomic mass is 9.98. The smallest absolute Gasteiger partial charge is 0.123 e. The Morgan fingerprint density at radius 2 is 2.64 bits per heavy atom. The lowest BCUT2D eigenvalue weighted by molar-refractivity contribution is -0.111. The van der Waals surface area contributed by atoms with Gasteiger partial charge in [0.25, 0.3) is 0 Å². The van der Waals surface area contributed by atoms with E-state index in [2.05, 4.69) is 9.55 Å². The number of carbonyl (C=O) groups excluding carboxylic acids is 1. The molecule has 0 N–H and O–H groups in total. The van der Waals surface area contributed by atoms with E-state index in [0.717, 1.165) is 25.7 Å². The predicted octanol–water partition coefficient (Wildman–Crippen LogP) is 0.644. The summed E-state index contributed by atoms with van der Waals surface area (Å²) in [6, 6.07) is 0. The second kappa shape index (κ2) is 2.49. The molecule has 0 radical (unpaired) electrons. The Morgan fingerprint density at radius 3 is 3.45 bits per heavy atom. The lowest BCUT2D eigenvalue weighted by Gasteiger charge is -2.18. The molecule has 1 aliphatic heterocycles. The third-order valence-electron chi connectivity index (χ3n) is 2.20. The zero-order chi connectivity index (χ0) is 7.68. The number of carbonyl (C=O) groups is 1. The van der Waals surface area contributed by atoms with Crippen LogP contribution < -0.4 is 0 Å². The fourth-order valence-corrected chi connectivity index (χ4v) is 1.51. The van der Waals surface area contributed by atoms with Gasteiger partial charge >= 0.3 is 0 Å². The van der Waals surface area contributed by atoms with Crippen molar-refractivity contribution in [3.05, 3.63) is 18.2 Å². The van der Waals surface area contributed by atoms with Gasteiger partial charge in [0.05, 0.1) is 6.33 Å². The van der Waals surface area contributed by atoms with Crippen molar-refractivity contribution in [2.75, 3.05) is 0 Å². The van der Waals surface area contributed by atoms with E-state index in [0.29, 0.717) is 0 Å². The van der Waals surface area contributed by atoms with Crippen molar-refractivity contribution >= 4 is 6.29 Å². The molecule has 0 aliphatic carbocycles. The normalized spacial score (nSPS) is 22.7. The Bertz CT molecular complexity index is 267. The SMILES string of the molecule is O=CC1CCn2cncc2C1. The number of nitrogens with zero attached hydrogens (tertiary/aromatic N) is 2. The van der Waals surface area contributed by atoms with Crippen LogP contribution in [0.15, 0.2) is 12.5 Å². The van der Waals surface area contributed by atoms with Crippen LogP contribution >= 0.6 is 0 Å². The molecule has 0 saturated heterocycles. The molecule has 58 valence electrons. The van der Waals surface area contributed by atoms with Crippen molar-refractivity contribution in [3.63, 3.8) is 0 Å². The fourth-order valence-electron chi connectivity index (χ4n) is 1.51. The number of aryl methyl sites for hydroxylation is 1. The summed E-state index contributed by atoms with van der Waals surface area (Å²) in [4.78, 5) is 14.5. The van der Waals surface area contributed by atoms with E-state index in [4.69, 9.17) is 0 Å². The molecule has 1 aliphatic rings. The molecule has 0 amide bonds. The second-order valence-electron chi connectivity index (χ2n) is 2.97. The van der Waals surface area contributed by atoms with Gasteiger partial charge in [-0.25, -0.2) is 4.98 Å². The van der Waals surface area contributed by atoms with E-state index < -0.39 is 0 Å². The zero-order valence-corrected chi connectivity index (χ0v) is 6.23. The van der Waals surface area contributed by atoms with Gasteiger partial charge in [-0.3, -0.25) is 0 Å². The third-order valence-corrected chi connectivity index (χ3v) is 2.20. The average molecular weight is 150 g/mol. The van der Waals surface area contributed by atoms with Crippen molar-refractivity contribution < 1.29 is 4.79 Å². The summed E-state index contributed by atoms with van der Waals surface area (Å²) < 4.78 is 2.11. The van der Waals surface area contributed by atoms with E-state index >= 15 is 0 Å². The topological polar surface area (TPSA) is 34.9 Å². The van der Waals surface area contributed by atoms with Crippen LogP contribution in [0.2, 0.25) is 0 Å². The molecule has 0 bridgehead atoms. The Kier molecular flexibility index (Phi) is 1.49. The van der Waals surface area contributed by atoms with E-state index in [-0.39, 0.29) is 5.92 Å². The summed E-state index contributed by atoms with van der Waals surface area (Å²) in [6.45, 7) is 0.943. The molecule has 11 heavy (non-hydrogen) atoms. The molecule has 1 atom stereocenters. The van der Waals surface area contributed by atoms with Crippen molar-refractivity contribution in [1.82, 2.24) is 9.55 Å². The maximum atomic E-state index is 10.5. The Labute approximate surface area is 65.1 Å². The van der Waals surface area contributed by atoms with Crippen LogP contribution in [0.4, 0.5) is 0 Å². The van der Waals surface area contributed by atoms with E-state index in [1.54, 1.807) is 0 Å². The number of fused-ring (bicyclic) bond motifs is 1. The number of imidazole rings is 1. The first-order valence-corrected chi connectivity index (χ1v) is 3.84. The van der Waals surface area contributed by atoms with E-state index in [1.165, 1.54) is 5.69 Å². The average Bonchev–Trinajstić information content (AvgIpc) is 2.50. The van der Waals surface area contributed by atoms with Gasteiger partial charge in [-0.15, -0.1) is 0 Å². The predicted molar refractivity (Wildman–Crippen MR) is 40.1 cm³/mol. The van der Waals surface area contributed by atoms with Crippen LogP contribution in [-0.2, 0) is 17.8 Å². The molecule has 0 saturated carbocycles. The standard InChI is InChI=1S/C8H10N2O/c11-5-7-1-2-10-6-9-4-8(10)3-7/h4-7H,1-3H2.